The maximum atomic E-state index is 12.8. The molecule has 1 N–H and O–H groups in total. The molecule has 3 heteroatoms. The van der Waals surface area contributed by atoms with Crippen LogP contribution in [0.1, 0.15) is 23.5 Å². The Morgan fingerprint density at radius 1 is 1.00 bits per heavy atom. The Kier molecular flexibility index (Phi) is 4.56. The molecule has 1 nitrogen and oxygen atoms in total. The van der Waals surface area contributed by atoms with E-state index in [4.69, 9.17) is 0 Å². The Morgan fingerprint density at radius 2 is 1.68 bits per heavy atom. The number of halogens is 2. The first kappa shape index (κ1) is 14.0. The topological polar surface area (TPSA) is 12.0 Å². The van der Waals surface area contributed by atoms with Crippen LogP contribution in [0.2, 0.25) is 0 Å². The van der Waals surface area contributed by atoms with Gasteiger partial charge in [0.15, 0.2) is 0 Å². The Hall–Kier alpha value is -1.38. The lowest BCUT2D eigenvalue weighted by molar-refractivity contribution is 0.624. The van der Waals surface area contributed by atoms with Crippen molar-refractivity contribution in [3.05, 3.63) is 71.5 Å². The molecule has 1 aliphatic rings. The third-order valence-electron chi connectivity index (χ3n) is 3.50. The molecule has 0 bridgehead atoms. The zero-order valence-corrected chi connectivity index (χ0v) is 11.4. The molecule has 3 rings (SSSR count). The van der Waals surface area contributed by atoms with Crippen LogP contribution >= 0.6 is 12.4 Å². The van der Waals surface area contributed by atoms with Gasteiger partial charge in [-0.1, -0.05) is 42.5 Å². The second-order valence-corrected chi connectivity index (χ2v) is 4.87. The molecule has 1 fully saturated rings. The Morgan fingerprint density at radius 3 is 2.37 bits per heavy atom. The normalized spacial score (nSPS) is 20.7. The largest absolute Gasteiger partial charge is 0.309 e. The minimum atomic E-state index is -0.174. The van der Waals surface area contributed by atoms with Gasteiger partial charge in [-0.05, 0) is 29.7 Å². The summed E-state index contributed by atoms with van der Waals surface area (Å²) in [4.78, 5) is 0. The number of benzene rings is 2. The molecule has 2 aromatic rings. The zero-order chi connectivity index (χ0) is 12.4. The summed E-state index contributed by atoms with van der Waals surface area (Å²) in [6.45, 7) is 0.814. The summed E-state index contributed by atoms with van der Waals surface area (Å²) in [7, 11) is 0. The fourth-order valence-electron chi connectivity index (χ4n) is 2.34. The minimum Gasteiger partial charge on any atom is -0.309 e. The quantitative estimate of drug-likeness (QED) is 0.894. The average Bonchev–Trinajstić information content (AvgIpc) is 3.19. The highest BCUT2D eigenvalue weighted by Crippen LogP contribution is 2.40. The molecule has 0 heterocycles. The van der Waals surface area contributed by atoms with Gasteiger partial charge in [-0.15, -0.1) is 12.4 Å². The lowest BCUT2D eigenvalue weighted by Gasteiger charge is -2.04. The number of nitrogens with one attached hydrogen (secondary N) is 1. The molecule has 0 aliphatic heterocycles. The second-order valence-electron chi connectivity index (χ2n) is 4.87. The van der Waals surface area contributed by atoms with Crippen LogP contribution in [-0.4, -0.2) is 6.04 Å². The summed E-state index contributed by atoms with van der Waals surface area (Å²) >= 11 is 0. The highest BCUT2D eigenvalue weighted by atomic mass is 35.5. The maximum Gasteiger partial charge on any atom is 0.123 e. The van der Waals surface area contributed by atoms with Crippen LogP contribution in [0.5, 0.6) is 0 Å². The van der Waals surface area contributed by atoms with Gasteiger partial charge in [-0.25, -0.2) is 4.39 Å². The third-order valence-corrected chi connectivity index (χ3v) is 3.50. The van der Waals surface area contributed by atoms with Crippen molar-refractivity contribution in [2.75, 3.05) is 0 Å². The van der Waals surface area contributed by atoms with Crippen LogP contribution in [0.4, 0.5) is 4.39 Å². The van der Waals surface area contributed by atoms with E-state index in [-0.39, 0.29) is 18.2 Å². The molecule has 0 spiro atoms. The van der Waals surface area contributed by atoms with E-state index in [1.807, 2.05) is 18.2 Å². The van der Waals surface area contributed by atoms with E-state index < -0.39 is 0 Å². The third kappa shape index (κ3) is 3.55. The minimum absolute atomic E-state index is 0. The van der Waals surface area contributed by atoms with Gasteiger partial charge >= 0.3 is 0 Å². The van der Waals surface area contributed by atoms with E-state index >= 15 is 0 Å². The van der Waals surface area contributed by atoms with Gasteiger partial charge in [0.05, 0.1) is 0 Å². The van der Waals surface area contributed by atoms with E-state index in [1.165, 1.54) is 24.1 Å². The predicted molar refractivity (Wildman–Crippen MR) is 78.1 cm³/mol. The second kappa shape index (κ2) is 6.18. The van der Waals surface area contributed by atoms with Gasteiger partial charge in [-0.2, -0.15) is 0 Å². The molecular formula is C16H17ClFN. The van der Waals surface area contributed by atoms with Crippen LogP contribution in [-0.2, 0) is 6.54 Å². The fourth-order valence-corrected chi connectivity index (χ4v) is 2.34. The zero-order valence-electron chi connectivity index (χ0n) is 10.6. The van der Waals surface area contributed by atoms with E-state index in [9.17, 15) is 4.39 Å². The summed E-state index contributed by atoms with van der Waals surface area (Å²) in [5.41, 5.74) is 2.55. The van der Waals surface area contributed by atoms with Crippen molar-refractivity contribution < 1.29 is 4.39 Å². The van der Waals surface area contributed by atoms with Crippen LogP contribution < -0.4 is 5.32 Å². The lowest BCUT2D eigenvalue weighted by atomic mass is 10.1. The fraction of sp³-hybridized carbons (Fsp3) is 0.250. The molecule has 19 heavy (non-hydrogen) atoms. The molecule has 2 aromatic carbocycles. The van der Waals surface area contributed by atoms with Crippen molar-refractivity contribution in [2.45, 2.75) is 24.9 Å². The first-order valence-electron chi connectivity index (χ1n) is 6.36. The first-order chi connectivity index (χ1) is 8.83. The Balaban J connectivity index is 0.00000133. The Labute approximate surface area is 119 Å². The molecular weight excluding hydrogens is 261 g/mol. The maximum absolute atomic E-state index is 12.8. The highest BCUT2D eigenvalue weighted by Gasteiger charge is 2.37. The summed E-state index contributed by atoms with van der Waals surface area (Å²) < 4.78 is 12.8. The van der Waals surface area contributed by atoms with Crippen molar-refractivity contribution in [2.24, 2.45) is 0 Å². The molecule has 1 aliphatic carbocycles. The monoisotopic (exact) mass is 277 g/mol. The smallest absolute Gasteiger partial charge is 0.123 e. The van der Waals surface area contributed by atoms with E-state index in [1.54, 1.807) is 0 Å². The molecule has 0 aromatic heterocycles. The van der Waals surface area contributed by atoms with Crippen molar-refractivity contribution in [3.63, 3.8) is 0 Å². The van der Waals surface area contributed by atoms with Gasteiger partial charge in [-0.3, -0.25) is 0 Å². The summed E-state index contributed by atoms with van der Waals surface area (Å²) in [5.74, 6) is 0.471. The van der Waals surface area contributed by atoms with E-state index in [0.29, 0.717) is 12.0 Å². The molecule has 0 radical (unpaired) electrons. The first-order valence-corrected chi connectivity index (χ1v) is 6.36. The summed E-state index contributed by atoms with van der Waals surface area (Å²) in [6, 6.07) is 17.9. The van der Waals surface area contributed by atoms with Crippen LogP contribution in [0.3, 0.4) is 0 Å². The summed E-state index contributed by atoms with van der Waals surface area (Å²) in [5, 5.41) is 3.52. The lowest BCUT2D eigenvalue weighted by Crippen LogP contribution is -2.17. The predicted octanol–water partition coefficient (Wildman–Crippen LogP) is 3.89. The van der Waals surface area contributed by atoms with Crippen LogP contribution in [0.15, 0.2) is 54.6 Å². The molecule has 2 atom stereocenters. The van der Waals surface area contributed by atoms with Crippen LogP contribution in [0, 0.1) is 5.82 Å². The van der Waals surface area contributed by atoms with Crippen molar-refractivity contribution >= 4 is 12.4 Å². The van der Waals surface area contributed by atoms with Crippen molar-refractivity contribution in [1.82, 2.24) is 5.32 Å². The number of rotatable bonds is 4. The standard InChI is InChI=1S/C16H16FN.ClH/c17-14-8-6-12(7-9-14)11-18-16-10-15(16)13-4-2-1-3-5-13;/h1-9,15-16,18H,10-11H2;1H. The molecule has 0 amide bonds. The average molecular weight is 278 g/mol. The SMILES string of the molecule is Cl.Fc1ccc(CNC2CC2c2ccccc2)cc1. The van der Waals surface area contributed by atoms with Gasteiger partial charge in [0.25, 0.3) is 0 Å². The molecule has 100 valence electrons. The molecule has 1 saturated carbocycles. The van der Waals surface area contributed by atoms with Gasteiger partial charge < -0.3 is 5.32 Å². The van der Waals surface area contributed by atoms with Crippen molar-refractivity contribution in [3.8, 4) is 0 Å². The molecule has 0 saturated heterocycles. The number of hydrogen-bond acceptors (Lipinski definition) is 1. The van der Waals surface area contributed by atoms with Crippen molar-refractivity contribution in [1.29, 1.82) is 0 Å². The molecule has 2 unspecified atom stereocenters. The van der Waals surface area contributed by atoms with E-state index in [2.05, 4.69) is 29.6 Å². The van der Waals surface area contributed by atoms with Gasteiger partial charge in [0, 0.05) is 18.5 Å². The summed E-state index contributed by atoms with van der Waals surface area (Å²) in [6.07, 6.45) is 1.20. The number of hydrogen-bond donors (Lipinski definition) is 1. The van der Waals surface area contributed by atoms with Gasteiger partial charge in [0.2, 0.25) is 0 Å². The van der Waals surface area contributed by atoms with E-state index in [0.717, 1.165) is 12.1 Å². The van der Waals surface area contributed by atoms with Crippen LogP contribution in [0.25, 0.3) is 0 Å². The highest BCUT2D eigenvalue weighted by molar-refractivity contribution is 5.85. The van der Waals surface area contributed by atoms with Gasteiger partial charge in [0.1, 0.15) is 5.82 Å². The Bertz CT molecular complexity index is 512.